The molecule has 0 bridgehead atoms. The van der Waals surface area contributed by atoms with Gasteiger partial charge in [-0.05, 0) is 60.6 Å². The molecule has 254 valence electrons. The lowest BCUT2D eigenvalue weighted by molar-refractivity contribution is 0.0498. The Bertz CT molecular complexity index is 2120. The molecule has 1 unspecified atom stereocenters. The molecule has 1 aliphatic rings. The molecule has 1 fully saturated rings. The Hall–Kier alpha value is -5.07. The van der Waals surface area contributed by atoms with Crippen molar-refractivity contribution >= 4 is 38.5 Å². The summed E-state index contributed by atoms with van der Waals surface area (Å²) >= 11 is 0. The largest absolute Gasteiger partial charge is 0.455 e. The van der Waals surface area contributed by atoms with E-state index in [9.17, 15) is 26.8 Å². The number of rotatable bonds is 9. The third-order valence-electron chi connectivity index (χ3n) is 8.77. The van der Waals surface area contributed by atoms with E-state index in [0.29, 0.717) is 47.3 Å². The van der Waals surface area contributed by atoms with Gasteiger partial charge in [0.15, 0.2) is 0 Å². The number of hydrogen-bond acceptors (Lipinski definition) is 6. The van der Waals surface area contributed by atoms with E-state index in [0.717, 1.165) is 16.1 Å². The lowest BCUT2D eigenvalue weighted by Crippen LogP contribution is -2.49. The third kappa shape index (κ3) is 6.79. The summed E-state index contributed by atoms with van der Waals surface area (Å²) in [5.74, 6) is -0.989. The molecule has 2 heterocycles. The highest BCUT2D eigenvalue weighted by atomic mass is 32.2. The summed E-state index contributed by atoms with van der Waals surface area (Å²) in [6.45, 7) is 0.425. The van der Waals surface area contributed by atoms with E-state index >= 15 is 0 Å². The topological polar surface area (TPSA) is 103 Å². The minimum absolute atomic E-state index is 0.113. The summed E-state index contributed by atoms with van der Waals surface area (Å²) in [4.78, 5) is 31.5. The number of amides is 2. The Balaban J connectivity index is 1.53. The van der Waals surface area contributed by atoms with E-state index in [4.69, 9.17) is 4.42 Å². The first kappa shape index (κ1) is 33.8. The summed E-state index contributed by atoms with van der Waals surface area (Å²) in [6.07, 6.45) is 0.982. The molecule has 1 aromatic heterocycles. The van der Waals surface area contributed by atoms with Crippen molar-refractivity contribution in [1.29, 1.82) is 0 Å². The first-order valence-electron chi connectivity index (χ1n) is 15.8. The number of alkyl halides is 1. The first-order valence-corrected chi connectivity index (χ1v) is 17.6. The molecule has 1 N–H and O–H groups in total. The zero-order chi connectivity index (χ0) is 34.9. The number of carbonyl (C=O) groups is 2. The van der Waals surface area contributed by atoms with Crippen molar-refractivity contribution in [3.05, 3.63) is 114 Å². The number of furan rings is 1. The molecule has 2 amide bonds. The molecule has 1 saturated heterocycles. The normalized spacial score (nSPS) is 15.4. The number of hydrogen-bond donors (Lipinski definition) is 1. The van der Waals surface area contributed by atoms with Gasteiger partial charge in [0.2, 0.25) is 10.0 Å². The fourth-order valence-electron chi connectivity index (χ4n) is 6.37. The predicted octanol–water partition coefficient (Wildman–Crippen LogP) is 6.13. The van der Waals surface area contributed by atoms with Gasteiger partial charge in [-0.1, -0.05) is 42.5 Å². The van der Waals surface area contributed by atoms with Crippen LogP contribution in [0.2, 0.25) is 0 Å². The van der Waals surface area contributed by atoms with Crippen molar-refractivity contribution in [2.75, 3.05) is 57.5 Å². The SMILES string of the molecule is CNC(=O)c1c(-c2ccc(F)cc2)oc2cc(N(CCF)S(C)(=O)=O)c(-c3cccc(C(=O)N4CCN(C)CC4c4ccccc4)c3)cc12. The first-order chi connectivity index (χ1) is 23.5. The number of anilines is 1. The van der Waals surface area contributed by atoms with Gasteiger partial charge in [-0.25, -0.2) is 17.2 Å². The Morgan fingerprint density at radius 2 is 1.69 bits per heavy atom. The third-order valence-corrected chi connectivity index (χ3v) is 9.95. The Kier molecular flexibility index (Phi) is 9.53. The van der Waals surface area contributed by atoms with Crippen LogP contribution < -0.4 is 9.62 Å². The van der Waals surface area contributed by atoms with Crippen molar-refractivity contribution in [2.45, 2.75) is 6.04 Å². The second kappa shape index (κ2) is 13.8. The van der Waals surface area contributed by atoms with Gasteiger partial charge < -0.3 is 19.5 Å². The van der Waals surface area contributed by atoms with Crippen LogP contribution >= 0.6 is 0 Å². The van der Waals surface area contributed by atoms with Crippen molar-refractivity contribution < 1.29 is 31.2 Å². The number of fused-ring (bicyclic) bond motifs is 1. The van der Waals surface area contributed by atoms with Gasteiger partial charge >= 0.3 is 0 Å². The van der Waals surface area contributed by atoms with Crippen molar-refractivity contribution in [3.8, 4) is 22.5 Å². The van der Waals surface area contributed by atoms with Crippen LogP contribution in [0.25, 0.3) is 33.4 Å². The smallest absolute Gasteiger partial charge is 0.255 e. The summed E-state index contributed by atoms with van der Waals surface area (Å²) in [7, 11) is -0.511. The van der Waals surface area contributed by atoms with Crippen LogP contribution in [0.1, 0.15) is 32.3 Å². The number of nitrogens with one attached hydrogen (secondary N) is 1. The van der Waals surface area contributed by atoms with Gasteiger partial charge in [0.1, 0.15) is 23.8 Å². The van der Waals surface area contributed by atoms with Crippen LogP contribution in [-0.2, 0) is 10.0 Å². The molecule has 49 heavy (non-hydrogen) atoms. The average Bonchev–Trinajstić information content (AvgIpc) is 3.48. The summed E-state index contributed by atoms with van der Waals surface area (Å²) in [6, 6.07) is 25.0. The maximum Gasteiger partial charge on any atom is 0.255 e. The Morgan fingerprint density at radius 1 is 0.959 bits per heavy atom. The molecule has 0 spiro atoms. The zero-order valence-corrected chi connectivity index (χ0v) is 28.1. The predicted molar refractivity (Wildman–Crippen MR) is 186 cm³/mol. The second-order valence-electron chi connectivity index (χ2n) is 12.0. The zero-order valence-electron chi connectivity index (χ0n) is 27.3. The Morgan fingerprint density at radius 3 is 2.37 bits per heavy atom. The van der Waals surface area contributed by atoms with Crippen molar-refractivity contribution in [2.24, 2.45) is 0 Å². The molecule has 5 aromatic rings. The standard InChI is InChI=1S/C37H36F2N4O5S/c1-40-36(44)34-30-21-29(31(43(17-16-38)49(3,46)47)22-33(30)48-35(34)25-12-14-28(39)15-13-25)26-10-7-11-27(20-26)37(45)42-19-18-41(2)23-32(42)24-8-5-4-6-9-24/h4-15,20-22,32H,16-19,23H2,1-3H3,(H,40,44). The molecule has 12 heteroatoms. The maximum atomic E-state index is 14.2. The minimum atomic E-state index is -4.00. The van der Waals surface area contributed by atoms with Gasteiger partial charge in [0, 0.05) is 54.8 Å². The molecule has 4 aromatic carbocycles. The average molecular weight is 687 g/mol. The molecular formula is C37H36F2N4O5S. The number of halogens is 2. The minimum Gasteiger partial charge on any atom is -0.455 e. The molecule has 0 radical (unpaired) electrons. The van der Waals surface area contributed by atoms with Crippen LogP contribution in [0.5, 0.6) is 0 Å². The number of nitrogens with zero attached hydrogens (tertiary/aromatic N) is 3. The molecule has 0 saturated carbocycles. The van der Waals surface area contributed by atoms with Crippen molar-refractivity contribution in [1.82, 2.24) is 15.1 Å². The van der Waals surface area contributed by atoms with Gasteiger partial charge in [0.25, 0.3) is 11.8 Å². The molecule has 9 nitrogen and oxygen atoms in total. The fourth-order valence-corrected chi connectivity index (χ4v) is 7.28. The van der Waals surface area contributed by atoms with Crippen LogP contribution in [0.15, 0.2) is 95.4 Å². The summed E-state index contributed by atoms with van der Waals surface area (Å²) in [5.41, 5.74) is 3.08. The van der Waals surface area contributed by atoms with E-state index in [1.54, 1.807) is 30.3 Å². The quantitative estimate of drug-likeness (QED) is 0.200. The molecule has 1 aliphatic heterocycles. The van der Waals surface area contributed by atoms with Gasteiger partial charge in [-0.3, -0.25) is 13.9 Å². The molecule has 1 atom stereocenters. The number of piperazine rings is 1. The fraction of sp³-hybridized carbons (Fsp3) is 0.243. The highest BCUT2D eigenvalue weighted by molar-refractivity contribution is 7.92. The highest BCUT2D eigenvalue weighted by Crippen LogP contribution is 2.42. The van der Waals surface area contributed by atoms with Crippen LogP contribution in [0, 0.1) is 5.82 Å². The van der Waals surface area contributed by atoms with E-state index in [1.807, 2.05) is 42.3 Å². The molecule has 6 rings (SSSR count). The lowest BCUT2D eigenvalue weighted by Gasteiger charge is -2.40. The highest BCUT2D eigenvalue weighted by Gasteiger charge is 2.32. The van der Waals surface area contributed by atoms with Crippen LogP contribution in [-0.4, -0.2) is 83.2 Å². The van der Waals surface area contributed by atoms with E-state index in [-0.39, 0.29) is 34.5 Å². The number of likely N-dealkylation sites (N-methyl/N-ethyl adjacent to an activating group) is 1. The summed E-state index contributed by atoms with van der Waals surface area (Å²) < 4.78 is 60.9. The summed E-state index contributed by atoms with van der Waals surface area (Å²) in [5, 5.41) is 2.97. The number of carbonyl (C=O) groups excluding carboxylic acids is 2. The van der Waals surface area contributed by atoms with Gasteiger partial charge in [0.05, 0.1) is 30.1 Å². The monoisotopic (exact) mass is 686 g/mol. The van der Waals surface area contributed by atoms with Crippen LogP contribution in [0.4, 0.5) is 14.5 Å². The van der Waals surface area contributed by atoms with Crippen LogP contribution in [0.3, 0.4) is 0 Å². The lowest BCUT2D eigenvalue weighted by atomic mass is 9.96. The van der Waals surface area contributed by atoms with Gasteiger partial charge in [-0.2, -0.15) is 0 Å². The van der Waals surface area contributed by atoms with E-state index in [2.05, 4.69) is 10.2 Å². The Labute approximate surface area is 283 Å². The molecule has 0 aliphatic carbocycles. The van der Waals surface area contributed by atoms with Gasteiger partial charge in [-0.15, -0.1) is 0 Å². The number of benzene rings is 4. The van der Waals surface area contributed by atoms with Crippen molar-refractivity contribution in [3.63, 3.8) is 0 Å². The number of sulfonamides is 1. The second-order valence-corrected chi connectivity index (χ2v) is 14.0. The van der Waals surface area contributed by atoms with E-state index in [1.165, 1.54) is 37.4 Å². The maximum absolute atomic E-state index is 14.2. The van der Waals surface area contributed by atoms with E-state index < -0.39 is 35.0 Å². The molecular weight excluding hydrogens is 650 g/mol.